The van der Waals surface area contributed by atoms with E-state index in [4.69, 9.17) is 5.11 Å². The van der Waals surface area contributed by atoms with Crippen LogP contribution >= 0.6 is 0 Å². The van der Waals surface area contributed by atoms with E-state index in [9.17, 15) is 9.59 Å². The van der Waals surface area contributed by atoms with E-state index in [1.54, 1.807) is 6.08 Å². The highest BCUT2D eigenvalue weighted by Crippen LogP contribution is 2.23. The molecule has 2 aromatic carbocycles. The minimum absolute atomic E-state index is 0.0418. The molecule has 1 amide bonds. The first-order chi connectivity index (χ1) is 14.0. The number of allylic oxidation sites excluding steroid dienone is 1. The van der Waals surface area contributed by atoms with Gasteiger partial charge in [0, 0.05) is 18.8 Å². The van der Waals surface area contributed by atoms with E-state index < -0.39 is 5.97 Å². The van der Waals surface area contributed by atoms with Crippen LogP contribution in [0.4, 0.5) is 5.69 Å². The molecule has 0 atom stereocenters. The predicted octanol–water partition coefficient (Wildman–Crippen LogP) is 4.37. The molecule has 0 aliphatic carbocycles. The minimum Gasteiger partial charge on any atom is -0.481 e. The maximum absolute atomic E-state index is 11.6. The topological polar surface area (TPSA) is 78.4 Å². The zero-order valence-electron chi connectivity index (χ0n) is 17.4. The lowest BCUT2D eigenvalue weighted by Crippen LogP contribution is -2.27. The van der Waals surface area contributed by atoms with Crippen LogP contribution in [-0.2, 0) is 22.4 Å². The normalized spacial score (nSPS) is 11.2. The Hall–Kier alpha value is -3.08. The SMILES string of the molecule is C=CC.Cc1ccccc1.O=C(O)CCNC(=O)Cc1ccc2c(c1)CCCN2. The molecule has 0 fully saturated rings. The number of carboxylic acids is 1. The number of anilines is 1. The second-order valence-corrected chi connectivity index (χ2v) is 6.76. The molecule has 0 spiro atoms. The Morgan fingerprint density at radius 1 is 1.21 bits per heavy atom. The third-order valence-corrected chi connectivity index (χ3v) is 4.07. The van der Waals surface area contributed by atoms with Crippen molar-refractivity contribution in [3.8, 4) is 0 Å². The van der Waals surface area contributed by atoms with Crippen molar-refractivity contribution < 1.29 is 14.7 Å². The molecule has 0 saturated heterocycles. The molecule has 3 rings (SSSR count). The van der Waals surface area contributed by atoms with Gasteiger partial charge in [0.1, 0.15) is 0 Å². The number of carbonyl (C=O) groups excluding carboxylic acids is 1. The molecule has 0 bridgehead atoms. The molecule has 0 aromatic heterocycles. The van der Waals surface area contributed by atoms with E-state index in [0.717, 1.165) is 30.6 Å². The lowest BCUT2D eigenvalue weighted by atomic mass is 9.99. The molecule has 29 heavy (non-hydrogen) atoms. The van der Waals surface area contributed by atoms with Gasteiger partial charge in [-0.25, -0.2) is 0 Å². The number of benzene rings is 2. The molecule has 3 N–H and O–H groups in total. The van der Waals surface area contributed by atoms with Crippen molar-refractivity contribution in [2.45, 2.75) is 39.5 Å². The summed E-state index contributed by atoms with van der Waals surface area (Å²) in [7, 11) is 0. The smallest absolute Gasteiger partial charge is 0.305 e. The summed E-state index contributed by atoms with van der Waals surface area (Å²) in [6, 6.07) is 16.3. The lowest BCUT2D eigenvalue weighted by Gasteiger charge is -2.18. The molecule has 0 radical (unpaired) electrons. The zero-order chi connectivity index (χ0) is 21.5. The quantitative estimate of drug-likeness (QED) is 0.656. The van der Waals surface area contributed by atoms with Gasteiger partial charge < -0.3 is 15.7 Å². The van der Waals surface area contributed by atoms with Crippen LogP contribution in [0.15, 0.2) is 61.2 Å². The van der Waals surface area contributed by atoms with E-state index in [1.807, 2.05) is 37.3 Å². The summed E-state index contributed by atoms with van der Waals surface area (Å²) in [6.07, 6.45) is 4.16. The number of fused-ring (bicyclic) bond motifs is 1. The van der Waals surface area contributed by atoms with E-state index in [2.05, 4.69) is 42.3 Å². The number of aryl methyl sites for hydroxylation is 2. The Balaban J connectivity index is 0.000000347. The van der Waals surface area contributed by atoms with E-state index in [0.29, 0.717) is 6.42 Å². The van der Waals surface area contributed by atoms with Crippen molar-refractivity contribution in [1.29, 1.82) is 0 Å². The van der Waals surface area contributed by atoms with Crippen molar-refractivity contribution in [2.24, 2.45) is 0 Å². The Bertz CT molecular complexity index is 773. The zero-order valence-corrected chi connectivity index (χ0v) is 17.4. The van der Waals surface area contributed by atoms with Crippen molar-refractivity contribution >= 4 is 17.6 Å². The third-order valence-electron chi connectivity index (χ3n) is 4.07. The number of hydrogen-bond donors (Lipinski definition) is 3. The molecule has 1 aliphatic rings. The average Bonchev–Trinajstić information content (AvgIpc) is 2.69. The molecule has 1 heterocycles. The van der Waals surface area contributed by atoms with Crippen LogP contribution < -0.4 is 10.6 Å². The highest BCUT2D eigenvalue weighted by Gasteiger charge is 2.10. The maximum atomic E-state index is 11.6. The van der Waals surface area contributed by atoms with Gasteiger partial charge in [-0.2, -0.15) is 0 Å². The highest BCUT2D eigenvalue weighted by atomic mass is 16.4. The number of hydrogen-bond acceptors (Lipinski definition) is 3. The van der Waals surface area contributed by atoms with E-state index >= 15 is 0 Å². The lowest BCUT2D eigenvalue weighted by molar-refractivity contribution is -0.136. The van der Waals surface area contributed by atoms with Crippen LogP contribution in [0.1, 0.15) is 36.5 Å². The van der Waals surface area contributed by atoms with Gasteiger partial charge in [0.05, 0.1) is 12.8 Å². The van der Waals surface area contributed by atoms with Crippen LogP contribution in [0.25, 0.3) is 0 Å². The molecule has 2 aromatic rings. The number of carboxylic acid groups (broad SMARTS) is 1. The number of rotatable bonds is 5. The standard InChI is InChI=1S/C14H18N2O3.C7H8.C3H6/c17-13(16-7-5-14(18)19)9-10-3-4-12-11(8-10)2-1-6-15-12;1-7-5-3-2-4-6-7;1-3-2/h3-4,8,15H,1-2,5-7,9H2,(H,16,17)(H,18,19);2-6H,1H3;3H,1H2,2H3. The number of amides is 1. The first kappa shape index (κ1) is 24.0. The summed E-state index contributed by atoms with van der Waals surface area (Å²) in [5, 5.41) is 14.4. The largest absolute Gasteiger partial charge is 0.481 e. The fraction of sp³-hybridized carbons (Fsp3) is 0.333. The van der Waals surface area contributed by atoms with Gasteiger partial charge in [0.15, 0.2) is 0 Å². The average molecular weight is 397 g/mol. The monoisotopic (exact) mass is 396 g/mol. The second-order valence-electron chi connectivity index (χ2n) is 6.76. The molecule has 0 unspecified atom stereocenters. The van der Waals surface area contributed by atoms with Gasteiger partial charge in [-0.1, -0.05) is 54.1 Å². The Morgan fingerprint density at radius 3 is 2.48 bits per heavy atom. The molecular formula is C24H32N2O3. The Morgan fingerprint density at radius 2 is 1.90 bits per heavy atom. The van der Waals surface area contributed by atoms with Crippen LogP contribution in [0.5, 0.6) is 0 Å². The van der Waals surface area contributed by atoms with Gasteiger partial charge in [-0.05, 0) is 43.9 Å². The highest BCUT2D eigenvalue weighted by molar-refractivity contribution is 5.79. The van der Waals surface area contributed by atoms with Crippen molar-refractivity contribution in [3.05, 3.63) is 77.9 Å². The predicted molar refractivity (Wildman–Crippen MR) is 119 cm³/mol. The molecule has 1 aliphatic heterocycles. The van der Waals surface area contributed by atoms with Crippen molar-refractivity contribution in [3.63, 3.8) is 0 Å². The van der Waals surface area contributed by atoms with Gasteiger partial charge in [-0.3, -0.25) is 9.59 Å². The Labute approximate surface area is 173 Å². The van der Waals surface area contributed by atoms with E-state index in [1.165, 1.54) is 11.1 Å². The summed E-state index contributed by atoms with van der Waals surface area (Å²) < 4.78 is 0. The number of aliphatic carboxylic acids is 1. The van der Waals surface area contributed by atoms with Crippen LogP contribution in [0.2, 0.25) is 0 Å². The van der Waals surface area contributed by atoms with Gasteiger partial charge >= 0.3 is 5.97 Å². The fourth-order valence-electron chi connectivity index (χ4n) is 2.73. The van der Waals surface area contributed by atoms with Crippen LogP contribution in [0.3, 0.4) is 0 Å². The molecule has 5 nitrogen and oxygen atoms in total. The molecule has 5 heteroatoms. The Kier molecular flexibility index (Phi) is 11.6. The first-order valence-electron chi connectivity index (χ1n) is 9.89. The molecule has 156 valence electrons. The summed E-state index contributed by atoms with van der Waals surface area (Å²) in [5.41, 5.74) is 4.70. The number of nitrogens with one attached hydrogen (secondary N) is 2. The van der Waals surface area contributed by atoms with Gasteiger partial charge in [0.25, 0.3) is 0 Å². The number of carbonyl (C=O) groups is 2. The van der Waals surface area contributed by atoms with E-state index in [-0.39, 0.29) is 18.9 Å². The third kappa shape index (κ3) is 10.7. The fourth-order valence-corrected chi connectivity index (χ4v) is 2.73. The van der Waals surface area contributed by atoms with Crippen molar-refractivity contribution in [2.75, 3.05) is 18.4 Å². The van der Waals surface area contributed by atoms with Gasteiger partial charge in [-0.15, -0.1) is 6.58 Å². The maximum Gasteiger partial charge on any atom is 0.305 e. The minimum atomic E-state index is -0.903. The van der Waals surface area contributed by atoms with Crippen LogP contribution in [0, 0.1) is 6.92 Å². The summed E-state index contributed by atoms with van der Waals surface area (Å²) in [6.45, 7) is 8.52. The summed E-state index contributed by atoms with van der Waals surface area (Å²) in [4.78, 5) is 22.0. The molecular weight excluding hydrogens is 364 g/mol. The molecule has 0 saturated carbocycles. The van der Waals surface area contributed by atoms with Crippen LogP contribution in [-0.4, -0.2) is 30.1 Å². The second kappa shape index (κ2) is 14.0. The van der Waals surface area contributed by atoms with Crippen molar-refractivity contribution in [1.82, 2.24) is 5.32 Å². The summed E-state index contributed by atoms with van der Waals surface area (Å²) >= 11 is 0. The first-order valence-corrected chi connectivity index (χ1v) is 9.89. The summed E-state index contributed by atoms with van der Waals surface area (Å²) in [5.74, 6) is -1.04. The van der Waals surface area contributed by atoms with Gasteiger partial charge in [0.2, 0.25) is 5.91 Å².